The first-order valence-electron chi connectivity index (χ1n) is 9.36. The highest BCUT2D eigenvalue weighted by molar-refractivity contribution is 7.89. The largest absolute Gasteiger partial charge is 0.497 e. The van der Waals surface area contributed by atoms with E-state index in [1.807, 2.05) is 32.0 Å². The van der Waals surface area contributed by atoms with Crippen molar-refractivity contribution >= 4 is 15.9 Å². The second kappa shape index (κ2) is 8.42. The van der Waals surface area contributed by atoms with E-state index in [4.69, 9.17) is 9.47 Å². The standard InChI is InChI=1S/C21H26N2O5S/c1-15-11-16(2)13-17(12-15)21(24)22-7-9-23(10-8-22)29(25,26)20-14-18(27-3)5-6-19(20)28-4/h5-6,11-14H,7-10H2,1-4H3. The highest BCUT2D eigenvalue weighted by Crippen LogP contribution is 2.31. The second-order valence-corrected chi connectivity index (χ2v) is 9.00. The molecule has 0 aliphatic carbocycles. The third kappa shape index (κ3) is 4.38. The zero-order chi connectivity index (χ0) is 21.2. The summed E-state index contributed by atoms with van der Waals surface area (Å²) in [6, 6.07) is 10.4. The van der Waals surface area contributed by atoms with Crippen molar-refractivity contribution < 1.29 is 22.7 Å². The summed E-state index contributed by atoms with van der Waals surface area (Å²) in [6.07, 6.45) is 0. The molecule has 7 nitrogen and oxygen atoms in total. The maximum absolute atomic E-state index is 13.2. The lowest BCUT2D eigenvalue weighted by Gasteiger charge is -2.34. The zero-order valence-electron chi connectivity index (χ0n) is 17.1. The van der Waals surface area contributed by atoms with Gasteiger partial charge < -0.3 is 14.4 Å². The van der Waals surface area contributed by atoms with E-state index in [1.54, 1.807) is 17.0 Å². The molecule has 0 radical (unpaired) electrons. The summed E-state index contributed by atoms with van der Waals surface area (Å²) in [5.41, 5.74) is 2.69. The number of aryl methyl sites for hydroxylation is 2. The van der Waals surface area contributed by atoms with E-state index in [9.17, 15) is 13.2 Å². The van der Waals surface area contributed by atoms with Crippen LogP contribution < -0.4 is 9.47 Å². The van der Waals surface area contributed by atoms with Crippen molar-refractivity contribution in [2.24, 2.45) is 0 Å². The molecule has 1 aliphatic heterocycles. The number of ether oxygens (including phenoxy) is 2. The molecule has 1 heterocycles. The van der Waals surface area contributed by atoms with Gasteiger partial charge >= 0.3 is 0 Å². The Morgan fingerprint density at radius 1 is 0.897 bits per heavy atom. The molecule has 0 unspecified atom stereocenters. The van der Waals surface area contributed by atoms with Crippen molar-refractivity contribution in [3.8, 4) is 11.5 Å². The van der Waals surface area contributed by atoms with Crippen molar-refractivity contribution in [1.29, 1.82) is 0 Å². The van der Waals surface area contributed by atoms with Gasteiger partial charge in [0.25, 0.3) is 5.91 Å². The Morgan fingerprint density at radius 3 is 2.07 bits per heavy atom. The average Bonchev–Trinajstić information content (AvgIpc) is 2.72. The molecule has 0 N–H and O–H groups in total. The molecule has 1 fully saturated rings. The van der Waals surface area contributed by atoms with Crippen molar-refractivity contribution in [3.63, 3.8) is 0 Å². The van der Waals surface area contributed by atoms with Crippen molar-refractivity contribution in [1.82, 2.24) is 9.21 Å². The molecule has 0 bridgehead atoms. The molecule has 2 aromatic carbocycles. The second-order valence-electron chi connectivity index (χ2n) is 7.09. The number of hydrogen-bond acceptors (Lipinski definition) is 5. The van der Waals surface area contributed by atoms with Gasteiger partial charge in [-0.25, -0.2) is 8.42 Å². The van der Waals surface area contributed by atoms with Gasteiger partial charge in [-0.1, -0.05) is 17.2 Å². The first-order valence-corrected chi connectivity index (χ1v) is 10.8. The van der Waals surface area contributed by atoms with Gasteiger partial charge in [0.2, 0.25) is 10.0 Å². The lowest BCUT2D eigenvalue weighted by atomic mass is 10.1. The Kier molecular flexibility index (Phi) is 6.14. The summed E-state index contributed by atoms with van der Waals surface area (Å²) < 4.78 is 38.1. The number of amides is 1. The van der Waals surface area contributed by atoms with Gasteiger partial charge in [-0.2, -0.15) is 4.31 Å². The molecule has 8 heteroatoms. The van der Waals surface area contributed by atoms with E-state index >= 15 is 0 Å². The minimum absolute atomic E-state index is 0.0634. The van der Waals surface area contributed by atoms with Gasteiger partial charge in [0.05, 0.1) is 14.2 Å². The summed E-state index contributed by atoms with van der Waals surface area (Å²) >= 11 is 0. The quantitative estimate of drug-likeness (QED) is 0.746. The number of benzene rings is 2. The van der Waals surface area contributed by atoms with Gasteiger partial charge in [0, 0.05) is 37.8 Å². The van der Waals surface area contributed by atoms with Crippen molar-refractivity contribution in [2.45, 2.75) is 18.7 Å². The van der Waals surface area contributed by atoms with Crippen LogP contribution in [0.15, 0.2) is 41.3 Å². The van der Waals surface area contributed by atoms with E-state index in [-0.39, 0.29) is 29.6 Å². The lowest BCUT2D eigenvalue weighted by molar-refractivity contribution is 0.0697. The average molecular weight is 419 g/mol. The molecule has 29 heavy (non-hydrogen) atoms. The summed E-state index contributed by atoms with van der Waals surface area (Å²) in [6.45, 7) is 5.01. The number of nitrogens with zero attached hydrogens (tertiary/aromatic N) is 2. The van der Waals surface area contributed by atoms with E-state index in [0.717, 1.165) is 11.1 Å². The Bertz CT molecular complexity index is 991. The summed E-state index contributed by atoms with van der Waals surface area (Å²) in [7, 11) is -0.861. The van der Waals surface area contributed by atoms with Crippen LogP contribution in [0.25, 0.3) is 0 Å². The normalized spacial score (nSPS) is 15.2. The van der Waals surface area contributed by atoms with Crippen LogP contribution in [0.3, 0.4) is 0 Å². The van der Waals surface area contributed by atoms with Crippen LogP contribution in [-0.2, 0) is 10.0 Å². The third-order valence-electron chi connectivity index (χ3n) is 4.98. The number of methoxy groups -OCH3 is 2. The topological polar surface area (TPSA) is 76.2 Å². The van der Waals surface area contributed by atoms with Crippen molar-refractivity contribution in [2.75, 3.05) is 40.4 Å². The fourth-order valence-electron chi connectivity index (χ4n) is 3.54. The molecule has 1 amide bonds. The van der Waals surface area contributed by atoms with Crippen LogP contribution in [0.1, 0.15) is 21.5 Å². The molecule has 1 aliphatic rings. The Morgan fingerprint density at radius 2 is 1.52 bits per heavy atom. The molecule has 0 spiro atoms. The number of sulfonamides is 1. The van der Waals surface area contributed by atoms with Gasteiger partial charge in [-0.05, 0) is 38.1 Å². The molecule has 156 valence electrons. The monoisotopic (exact) mass is 418 g/mol. The minimum Gasteiger partial charge on any atom is -0.497 e. The van der Waals surface area contributed by atoms with Crippen LogP contribution in [-0.4, -0.2) is 63.9 Å². The molecule has 0 aromatic heterocycles. The number of piperazine rings is 1. The molecule has 0 atom stereocenters. The molecular weight excluding hydrogens is 392 g/mol. The predicted molar refractivity (Wildman–Crippen MR) is 110 cm³/mol. The minimum atomic E-state index is -3.77. The van der Waals surface area contributed by atoms with E-state index in [2.05, 4.69) is 0 Å². The van der Waals surface area contributed by atoms with Crippen LogP contribution in [0.2, 0.25) is 0 Å². The molecule has 0 saturated carbocycles. The highest BCUT2D eigenvalue weighted by atomic mass is 32.2. The third-order valence-corrected chi connectivity index (χ3v) is 6.90. The number of rotatable bonds is 5. The predicted octanol–water partition coefficient (Wildman–Crippen LogP) is 2.47. The van der Waals surface area contributed by atoms with Crippen LogP contribution in [0, 0.1) is 13.8 Å². The van der Waals surface area contributed by atoms with Gasteiger partial charge in [-0.3, -0.25) is 4.79 Å². The maximum Gasteiger partial charge on any atom is 0.253 e. The Labute approximate surface area is 171 Å². The van der Waals surface area contributed by atoms with Crippen LogP contribution in [0.4, 0.5) is 0 Å². The summed E-state index contributed by atoms with van der Waals surface area (Å²) in [4.78, 5) is 14.6. The van der Waals surface area contributed by atoms with Crippen LogP contribution in [0.5, 0.6) is 11.5 Å². The van der Waals surface area contributed by atoms with Gasteiger partial charge in [-0.15, -0.1) is 0 Å². The van der Waals surface area contributed by atoms with Crippen LogP contribution >= 0.6 is 0 Å². The van der Waals surface area contributed by atoms with Gasteiger partial charge in [0.1, 0.15) is 16.4 Å². The first kappa shape index (κ1) is 21.1. The number of carbonyl (C=O) groups is 1. The van der Waals surface area contributed by atoms with E-state index in [1.165, 1.54) is 24.6 Å². The van der Waals surface area contributed by atoms with E-state index in [0.29, 0.717) is 24.4 Å². The van der Waals surface area contributed by atoms with E-state index < -0.39 is 10.0 Å². The maximum atomic E-state index is 13.2. The van der Waals surface area contributed by atoms with Gasteiger partial charge in [0.15, 0.2) is 0 Å². The highest BCUT2D eigenvalue weighted by Gasteiger charge is 2.32. The number of carbonyl (C=O) groups excluding carboxylic acids is 1. The smallest absolute Gasteiger partial charge is 0.253 e. The molecule has 2 aromatic rings. The Hall–Kier alpha value is -2.58. The number of hydrogen-bond donors (Lipinski definition) is 0. The summed E-state index contributed by atoms with van der Waals surface area (Å²) in [5.74, 6) is 0.625. The Balaban J connectivity index is 1.77. The molecular formula is C21H26N2O5S. The SMILES string of the molecule is COc1ccc(OC)c(S(=O)(=O)N2CCN(C(=O)c3cc(C)cc(C)c3)CC2)c1. The van der Waals surface area contributed by atoms with Crippen molar-refractivity contribution in [3.05, 3.63) is 53.1 Å². The molecule has 3 rings (SSSR count). The fraction of sp³-hybridized carbons (Fsp3) is 0.381. The first-order chi connectivity index (χ1) is 13.8. The lowest BCUT2D eigenvalue weighted by Crippen LogP contribution is -2.50. The fourth-order valence-corrected chi connectivity index (χ4v) is 5.13. The molecule has 1 saturated heterocycles. The zero-order valence-corrected chi connectivity index (χ0v) is 18.0. The summed E-state index contributed by atoms with van der Waals surface area (Å²) in [5, 5.41) is 0.